The highest BCUT2D eigenvalue weighted by Crippen LogP contribution is 2.28. The molecule has 2 unspecified atom stereocenters. The molecule has 3 rings (SSSR count). The second-order valence-corrected chi connectivity index (χ2v) is 5.19. The largest absolute Gasteiger partial charge is 0.481 e. The summed E-state index contributed by atoms with van der Waals surface area (Å²) >= 11 is 0. The molecule has 0 spiro atoms. The number of methoxy groups -OCH3 is 1. The van der Waals surface area contributed by atoms with Gasteiger partial charge in [0.05, 0.1) is 5.92 Å². The lowest BCUT2D eigenvalue weighted by Crippen LogP contribution is -2.28. The number of aryl methyl sites for hydroxylation is 1. The minimum Gasteiger partial charge on any atom is -0.481 e. The Labute approximate surface area is 122 Å². The zero-order chi connectivity index (χ0) is 14.8. The van der Waals surface area contributed by atoms with E-state index in [1.54, 1.807) is 7.11 Å². The molecule has 2 heterocycles. The van der Waals surface area contributed by atoms with Crippen LogP contribution >= 0.6 is 0 Å². The first-order chi connectivity index (χ1) is 10.2. The lowest BCUT2D eigenvalue weighted by Gasteiger charge is -2.23. The van der Waals surface area contributed by atoms with Crippen LogP contribution < -0.4 is 0 Å². The number of hydrogen-bond donors (Lipinski definition) is 1. The fraction of sp³-hybridized carbons (Fsp3) is 0.400. The van der Waals surface area contributed by atoms with Crippen molar-refractivity contribution in [2.45, 2.75) is 25.5 Å². The number of hydrogen-bond acceptors (Lipinski definition) is 4. The summed E-state index contributed by atoms with van der Waals surface area (Å²) < 4.78 is 7.46. The summed E-state index contributed by atoms with van der Waals surface area (Å²) in [5.41, 5.74) is 0.979. The maximum absolute atomic E-state index is 11.2. The molecule has 6 nitrogen and oxygen atoms in total. The van der Waals surface area contributed by atoms with Crippen LogP contribution in [0, 0.1) is 5.92 Å². The summed E-state index contributed by atoms with van der Waals surface area (Å²) in [6.07, 6.45) is 0.908. The maximum atomic E-state index is 11.2. The highest BCUT2D eigenvalue weighted by Gasteiger charge is 2.30. The SMILES string of the molecule is COC(c1ccccc1)c1nnc2n1CC(C(=O)O)CC2. The van der Waals surface area contributed by atoms with Crippen molar-refractivity contribution in [2.75, 3.05) is 7.11 Å². The summed E-state index contributed by atoms with van der Waals surface area (Å²) in [6, 6.07) is 9.75. The van der Waals surface area contributed by atoms with Gasteiger partial charge in [0, 0.05) is 20.1 Å². The number of ether oxygens (including phenoxy) is 1. The summed E-state index contributed by atoms with van der Waals surface area (Å²) in [7, 11) is 1.62. The molecule has 0 aliphatic carbocycles. The third-order valence-electron chi connectivity index (χ3n) is 3.90. The topological polar surface area (TPSA) is 77.2 Å². The van der Waals surface area contributed by atoms with Gasteiger partial charge in [0.15, 0.2) is 5.82 Å². The van der Waals surface area contributed by atoms with Crippen molar-refractivity contribution in [3.63, 3.8) is 0 Å². The first-order valence-corrected chi connectivity index (χ1v) is 6.93. The molecule has 1 aliphatic heterocycles. The Morgan fingerprint density at radius 2 is 2.14 bits per heavy atom. The van der Waals surface area contributed by atoms with Crippen LogP contribution in [-0.2, 0) is 22.5 Å². The van der Waals surface area contributed by atoms with Gasteiger partial charge in [-0.05, 0) is 12.0 Å². The quantitative estimate of drug-likeness (QED) is 0.925. The third kappa shape index (κ3) is 2.54. The number of aliphatic carboxylic acids is 1. The fourth-order valence-corrected chi connectivity index (χ4v) is 2.76. The van der Waals surface area contributed by atoms with Crippen LogP contribution in [0.15, 0.2) is 30.3 Å². The van der Waals surface area contributed by atoms with Gasteiger partial charge in [0.1, 0.15) is 11.9 Å². The van der Waals surface area contributed by atoms with Crippen LogP contribution in [0.3, 0.4) is 0 Å². The number of carbonyl (C=O) groups is 1. The third-order valence-corrected chi connectivity index (χ3v) is 3.90. The molecule has 1 aromatic carbocycles. The van der Waals surface area contributed by atoms with Gasteiger partial charge in [-0.15, -0.1) is 10.2 Å². The molecule has 110 valence electrons. The zero-order valence-corrected chi connectivity index (χ0v) is 11.8. The van der Waals surface area contributed by atoms with E-state index in [2.05, 4.69) is 10.2 Å². The standard InChI is InChI=1S/C15H17N3O3/c1-21-13(10-5-3-2-4-6-10)14-17-16-12-8-7-11(15(19)20)9-18(12)14/h2-6,11,13H,7-9H2,1H3,(H,19,20). The van der Waals surface area contributed by atoms with Gasteiger partial charge in [-0.1, -0.05) is 30.3 Å². The summed E-state index contributed by atoms with van der Waals surface area (Å²) in [5, 5.41) is 17.6. The molecule has 0 amide bonds. The van der Waals surface area contributed by atoms with E-state index in [-0.39, 0.29) is 12.0 Å². The van der Waals surface area contributed by atoms with Crippen LogP contribution in [-0.4, -0.2) is 33.0 Å². The molecule has 1 N–H and O–H groups in total. The molecule has 6 heteroatoms. The van der Waals surface area contributed by atoms with Crippen molar-refractivity contribution in [1.29, 1.82) is 0 Å². The highest BCUT2D eigenvalue weighted by molar-refractivity contribution is 5.70. The molecule has 0 bridgehead atoms. The monoisotopic (exact) mass is 287 g/mol. The first kappa shape index (κ1) is 13.8. The Morgan fingerprint density at radius 3 is 2.81 bits per heavy atom. The average Bonchev–Trinajstić information content (AvgIpc) is 2.92. The summed E-state index contributed by atoms with van der Waals surface area (Å²) in [5.74, 6) is 0.347. The van der Waals surface area contributed by atoms with E-state index < -0.39 is 5.97 Å². The van der Waals surface area contributed by atoms with Crippen molar-refractivity contribution in [3.05, 3.63) is 47.5 Å². The smallest absolute Gasteiger partial charge is 0.308 e. The molecule has 0 saturated heterocycles. The van der Waals surface area contributed by atoms with Gasteiger partial charge in [-0.2, -0.15) is 0 Å². The molecular formula is C15H17N3O3. The van der Waals surface area contributed by atoms with E-state index in [0.29, 0.717) is 25.2 Å². The summed E-state index contributed by atoms with van der Waals surface area (Å²) in [4.78, 5) is 11.2. The molecule has 1 aliphatic rings. The number of aromatic nitrogens is 3. The van der Waals surface area contributed by atoms with Crippen LogP contribution in [0.25, 0.3) is 0 Å². The first-order valence-electron chi connectivity index (χ1n) is 6.93. The summed E-state index contributed by atoms with van der Waals surface area (Å²) in [6.45, 7) is 0.402. The van der Waals surface area contributed by atoms with Crippen molar-refractivity contribution in [2.24, 2.45) is 5.92 Å². The molecular weight excluding hydrogens is 270 g/mol. The zero-order valence-electron chi connectivity index (χ0n) is 11.8. The van der Waals surface area contributed by atoms with Crippen molar-refractivity contribution in [1.82, 2.24) is 14.8 Å². The van der Waals surface area contributed by atoms with Gasteiger partial charge >= 0.3 is 5.97 Å². The van der Waals surface area contributed by atoms with E-state index >= 15 is 0 Å². The Hall–Kier alpha value is -2.21. The number of fused-ring (bicyclic) bond motifs is 1. The predicted molar refractivity (Wildman–Crippen MR) is 74.8 cm³/mol. The minimum atomic E-state index is -0.769. The molecule has 0 fully saturated rings. The van der Waals surface area contributed by atoms with Crippen LogP contribution in [0.2, 0.25) is 0 Å². The fourth-order valence-electron chi connectivity index (χ4n) is 2.76. The van der Waals surface area contributed by atoms with E-state index in [1.165, 1.54) is 0 Å². The number of benzene rings is 1. The Morgan fingerprint density at radius 1 is 1.38 bits per heavy atom. The highest BCUT2D eigenvalue weighted by atomic mass is 16.5. The van der Waals surface area contributed by atoms with Gasteiger partial charge in [0.2, 0.25) is 0 Å². The van der Waals surface area contributed by atoms with Crippen molar-refractivity contribution < 1.29 is 14.6 Å². The van der Waals surface area contributed by atoms with E-state index in [9.17, 15) is 9.90 Å². The number of carboxylic acid groups (broad SMARTS) is 1. The molecule has 1 aromatic heterocycles. The molecule has 0 saturated carbocycles. The lowest BCUT2D eigenvalue weighted by atomic mass is 9.99. The number of rotatable bonds is 4. The van der Waals surface area contributed by atoms with Crippen LogP contribution in [0.5, 0.6) is 0 Å². The van der Waals surface area contributed by atoms with Gasteiger partial charge in [-0.25, -0.2) is 0 Å². The van der Waals surface area contributed by atoms with Crippen molar-refractivity contribution >= 4 is 5.97 Å². The Balaban J connectivity index is 1.96. The van der Waals surface area contributed by atoms with E-state index in [4.69, 9.17) is 4.74 Å². The number of nitrogens with zero attached hydrogens (tertiary/aromatic N) is 3. The molecule has 21 heavy (non-hydrogen) atoms. The van der Waals surface area contributed by atoms with Crippen LogP contribution in [0.1, 0.15) is 29.7 Å². The molecule has 0 radical (unpaired) electrons. The van der Waals surface area contributed by atoms with Crippen molar-refractivity contribution in [3.8, 4) is 0 Å². The predicted octanol–water partition coefficient (Wildman–Crippen LogP) is 1.66. The lowest BCUT2D eigenvalue weighted by molar-refractivity contribution is -0.142. The normalized spacial score (nSPS) is 19.0. The number of carboxylic acids is 1. The van der Waals surface area contributed by atoms with Gasteiger partial charge < -0.3 is 14.4 Å². The van der Waals surface area contributed by atoms with Gasteiger partial charge in [0.25, 0.3) is 0 Å². The Bertz CT molecular complexity index is 639. The maximum Gasteiger partial charge on any atom is 0.308 e. The van der Waals surface area contributed by atoms with Gasteiger partial charge in [-0.3, -0.25) is 4.79 Å². The van der Waals surface area contributed by atoms with E-state index in [1.807, 2.05) is 34.9 Å². The van der Waals surface area contributed by atoms with Crippen LogP contribution in [0.4, 0.5) is 0 Å². The van der Waals surface area contributed by atoms with E-state index in [0.717, 1.165) is 11.4 Å². The Kier molecular flexibility index (Phi) is 3.70. The second kappa shape index (κ2) is 5.65. The second-order valence-electron chi connectivity index (χ2n) is 5.19. The average molecular weight is 287 g/mol. The minimum absolute atomic E-state index is 0.333. The molecule has 2 atom stereocenters. The molecule has 2 aromatic rings.